The van der Waals surface area contributed by atoms with Gasteiger partial charge in [0.2, 0.25) is 0 Å². The maximum atomic E-state index is 10.6. The molecule has 0 amide bonds. The molecule has 0 fully saturated rings. The summed E-state index contributed by atoms with van der Waals surface area (Å²) in [6, 6.07) is 5.78. The van der Waals surface area contributed by atoms with Crippen molar-refractivity contribution in [3.05, 3.63) is 42.5 Å². The summed E-state index contributed by atoms with van der Waals surface area (Å²) in [5.41, 5.74) is 3.53. The first-order valence-electron chi connectivity index (χ1n) is 7.92. The Hall–Kier alpha value is -1.74. The molecule has 0 unspecified atom stereocenters. The summed E-state index contributed by atoms with van der Waals surface area (Å²) in [5, 5.41) is 0. The monoisotopic (exact) mass is 372 g/mol. The van der Waals surface area contributed by atoms with Gasteiger partial charge in [0.15, 0.2) is 0 Å². The second-order valence-electron chi connectivity index (χ2n) is 6.12. The quantitative estimate of drug-likeness (QED) is 0.245. The van der Waals surface area contributed by atoms with E-state index in [1.54, 1.807) is 12.1 Å². The van der Waals surface area contributed by atoms with Crippen molar-refractivity contribution in [1.29, 1.82) is 0 Å². The molecule has 0 aliphatic carbocycles. The zero-order chi connectivity index (χ0) is 19.5. The van der Waals surface area contributed by atoms with E-state index in [0.717, 1.165) is 35.6 Å². The van der Waals surface area contributed by atoms with Gasteiger partial charge in [-0.25, -0.2) is 13.2 Å². The summed E-state index contributed by atoms with van der Waals surface area (Å²) in [6.07, 6.45) is 2.12. The van der Waals surface area contributed by atoms with Gasteiger partial charge in [0.05, 0.1) is 32.1 Å². The Bertz CT molecular complexity index is 640. The lowest BCUT2D eigenvalue weighted by atomic mass is 10.2. The van der Waals surface area contributed by atoms with Gasteiger partial charge in [0, 0.05) is 19.0 Å². The van der Waals surface area contributed by atoms with Gasteiger partial charge in [-0.1, -0.05) is 24.3 Å². The van der Waals surface area contributed by atoms with E-state index in [-0.39, 0.29) is 4.90 Å². The number of carbonyl (C=O) groups excluding carboxylic acids is 1. The van der Waals surface area contributed by atoms with Crippen LogP contribution >= 0.6 is 0 Å². The van der Waals surface area contributed by atoms with Crippen LogP contribution in [0.3, 0.4) is 0 Å². The van der Waals surface area contributed by atoms with E-state index in [1.807, 2.05) is 6.92 Å². The van der Waals surface area contributed by atoms with Crippen LogP contribution in [0.15, 0.2) is 41.8 Å². The molecular formula is C17H28N2O5S. The van der Waals surface area contributed by atoms with E-state index < -0.39 is 16.1 Å². The topological polar surface area (TPSA) is 95.5 Å². The van der Waals surface area contributed by atoms with Gasteiger partial charge < -0.3 is 13.9 Å². The number of hydroxylamine groups is 1. The standard InChI is InChI=1S/C10H21N2O2.C7H8O3S/c1-5-10(13)14-11-8-7-9-12(3,4)6-2;1-6-2-4-7(5-3-6)11(8,9)10/h5,11H,1,6-9H2,2-4H3;2-5H,1H3,(H,8,9,10)/q+1;/p-1. The van der Waals surface area contributed by atoms with Gasteiger partial charge in [0.1, 0.15) is 10.1 Å². The normalized spacial score (nSPS) is 11.2. The molecule has 0 aliphatic rings. The minimum Gasteiger partial charge on any atom is -0.744 e. The van der Waals surface area contributed by atoms with Crippen LogP contribution < -0.4 is 5.48 Å². The van der Waals surface area contributed by atoms with Crippen LogP contribution in [0.1, 0.15) is 18.9 Å². The highest BCUT2D eigenvalue weighted by atomic mass is 32.2. The van der Waals surface area contributed by atoms with E-state index in [2.05, 4.69) is 37.9 Å². The molecule has 0 radical (unpaired) electrons. The number of nitrogens with one attached hydrogen (secondary N) is 1. The highest BCUT2D eigenvalue weighted by Crippen LogP contribution is 2.08. The Balaban J connectivity index is 0.000000472. The molecule has 25 heavy (non-hydrogen) atoms. The molecule has 0 heterocycles. The molecule has 0 saturated heterocycles. The van der Waals surface area contributed by atoms with Crippen molar-refractivity contribution in [2.75, 3.05) is 33.7 Å². The van der Waals surface area contributed by atoms with Crippen LogP contribution in [0.5, 0.6) is 0 Å². The van der Waals surface area contributed by atoms with Crippen molar-refractivity contribution >= 4 is 16.1 Å². The third kappa shape index (κ3) is 11.4. The molecule has 1 aromatic carbocycles. The fourth-order valence-corrected chi connectivity index (χ4v) is 2.08. The van der Waals surface area contributed by atoms with Gasteiger partial charge in [-0.15, -0.1) is 0 Å². The van der Waals surface area contributed by atoms with E-state index in [9.17, 15) is 17.8 Å². The molecular weight excluding hydrogens is 344 g/mol. The molecule has 1 N–H and O–H groups in total. The second-order valence-corrected chi connectivity index (χ2v) is 7.50. The predicted molar refractivity (Wildman–Crippen MR) is 95.6 cm³/mol. The zero-order valence-corrected chi connectivity index (χ0v) is 16.1. The minimum absolute atomic E-state index is 0.178. The Labute approximate surface area is 150 Å². The zero-order valence-electron chi connectivity index (χ0n) is 15.3. The molecule has 7 nitrogen and oxygen atoms in total. The van der Waals surface area contributed by atoms with Gasteiger partial charge >= 0.3 is 5.97 Å². The van der Waals surface area contributed by atoms with E-state index in [4.69, 9.17) is 0 Å². The van der Waals surface area contributed by atoms with Crippen LogP contribution in [0.2, 0.25) is 0 Å². The summed E-state index contributed by atoms with van der Waals surface area (Å²) in [4.78, 5) is 15.1. The molecule has 0 aliphatic heterocycles. The van der Waals surface area contributed by atoms with Crippen LogP contribution in [0, 0.1) is 6.92 Å². The van der Waals surface area contributed by atoms with Crippen molar-refractivity contribution in [3.63, 3.8) is 0 Å². The average molecular weight is 372 g/mol. The van der Waals surface area contributed by atoms with Gasteiger partial charge in [0.25, 0.3) is 0 Å². The Morgan fingerprint density at radius 1 is 1.32 bits per heavy atom. The number of quaternary nitrogens is 1. The molecule has 0 atom stereocenters. The fraction of sp³-hybridized carbons (Fsp3) is 0.471. The number of aryl methyl sites for hydroxylation is 1. The maximum absolute atomic E-state index is 10.6. The lowest BCUT2D eigenvalue weighted by molar-refractivity contribution is -0.888. The largest absolute Gasteiger partial charge is 0.744 e. The minimum atomic E-state index is -4.27. The summed E-state index contributed by atoms with van der Waals surface area (Å²) >= 11 is 0. The average Bonchev–Trinajstić information content (AvgIpc) is 2.54. The van der Waals surface area contributed by atoms with E-state index in [0.29, 0.717) is 6.54 Å². The first-order valence-corrected chi connectivity index (χ1v) is 9.33. The molecule has 0 aromatic heterocycles. The lowest BCUT2D eigenvalue weighted by Crippen LogP contribution is -2.41. The van der Waals surface area contributed by atoms with Crippen LogP contribution in [0.4, 0.5) is 0 Å². The number of hydrogen-bond acceptors (Lipinski definition) is 6. The molecule has 0 bridgehead atoms. The third-order valence-corrected chi connectivity index (χ3v) is 4.40. The van der Waals surface area contributed by atoms with Crippen LogP contribution in [-0.4, -0.2) is 57.2 Å². The maximum Gasteiger partial charge on any atom is 0.348 e. The fourth-order valence-electron chi connectivity index (χ4n) is 1.61. The summed E-state index contributed by atoms with van der Waals surface area (Å²) in [7, 11) is 0.0831. The first kappa shape index (κ1) is 23.3. The van der Waals surface area contributed by atoms with Crippen molar-refractivity contribution in [2.24, 2.45) is 0 Å². The van der Waals surface area contributed by atoms with Gasteiger partial charge in [-0.05, 0) is 26.0 Å². The molecule has 1 rings (SSSR count). The number of nitrogens with zero attached hydrogens (tertiary/aromatic N) is 1. The van der Waals surface area contributed by atoms with Crippen LogP contribution in [0.25, 0.3) is 0 Å². The van der Waals surface area contributed by atoms with Gasteiger partial charge in [-0.3, -0.25) is 0 Å². The summed E-state index contributed by atoms with van der Waals surface area (Å²) in [6.45, 7) is 10.1. The number of benzene rings is 1. The summed E-state index contributed by atoms with van der Waals surface area (Å²) < 4.78 is 32.1. The highest BCUT2D eigenvalue weighted by Gasteiger charge is 2.10. The number of carbonyl (C=O) groups is 1. The number of hydrogen-bond donors (Lipinski definition) is 1. The summed E-state index contributed by atoms with van der Waals surface area (Å²) in [5.74, 6) is -0.436. The third-order valence-electron chi connectivity index (χ3n) is 3.55. The first-order chi connectivity index (χ1) is 11.5. The molecule has 0 saturated carbocycles. The molecule has 1 aromatic rings. The Morgan fingerprint density at radius 3 is 2.32 bits per heavy atom. The van der Waals surface area contributed by atoms with Crippen LogP contribution in [-0.2, 0) is 19.8 Å². The van der Waals surface area contributed by atoms with Crippen molar-refractivity contribution < 1.29 is 27.1 Å². The number of rotatable bonds is 8. The van der Waals surface area contributed by atoms with Crippen molar-refractivity contribution in [1.82, 2.24) is 5.48 Å². The smallest absolute Gasteiger partial charge is 0.348 e. The second kappa shape index (κ2) is 11.0. The highest BCUT2D eigenvalue weighted by molar-refractivity contribution is 7.85. The van der Waals surface area contributed by atoms with E-state index >= 15 is 0 Å². The van der Waals surface area contributed by atoms with Crippen molar-refractivity contribution in [2.45, 2.75) is 25.2 Å². The Morgan fingerprint density at radius 2 is 1.88 bits per heavy atom. The molecule has 8 heteroatoms. The van der Waals surface area contributed by atoms with Crippen molar-refractivity contribution in [3.8, 4) is 0 Å². The SMILES string of the molecule is C=CC(=O)ONCCC[N+](C)(C)CC.Cc1ccc(S(=O)(=O)[O-])cc1. The van der Waals surface area contributed by atoms with Gasteiger partial charge in [-0.2, -0.15) is 5.48 Å². The molecule has 0 spiro atoms. The predicted octanol–water partition coefficient (Wildman–Crippen LogP) is 1.61. The van der Waals surface area contributed by atoms with E-state index in [1.165, 1.54) is 12.1 Å². The molecule has 142 valence electrons. The Kier molecular flexibility index (Phi) is 10.2. The lowest BCUT2D eigenvalue weighted by Gasteiger charge is -2.27.